The largest absolute Gasteiger partial charge is 0.346 e. The fourth-order valence-corrected chi connectivity index (χ4v) is 3.48. The first-order chi connectivity index (χ1) is 12.6. The van der Waals surface area contributed by atoms with Crippen LogP contribution in [0.5, 0.6) is 0 Å². The summed E-state index contributed by atoms with van der Waals surface area (Å²) in [6.45, 7) is 2.77. The Bertz CT molecular complexity index is 697. The first kappa shape index (κ1) is 21.4. The molecular weight excluding hydrogens is 362 g/mol. The average molecular weight is 392 g/mol. The van der Waals surface area contributed by atoms with Gasteiger partial charge in [-0.2, -0.15) is 5.10 Å². The van der Waals surface area contributed by atoms with E-state index in [9.17, 15) is 4.79 Å². The second-order valence-corrected chi connectivity index (χ2v) is 7.30. The molecule has 1 aromatic heterocycles. The van der Waals surface area contributed by atoms with Gasteiger partial charge >= 0.3 is 0 Å². The minimum absolute atomic E-state index is 0. The highest BCUT2D eigenvalue weighted by atomic mass is 35.5. The zero-order valence-corrected chi connectivity index (χ0v) is 16.9. The SMILES string of the molecule is CN(C)CC(Cc1ccccc1)NC(=O)c1ccn(C2CCCNC2)n1.Cl. The summed E-state index contributed by atoms with van der Waals surface area (Å²) in [6.07, 6.45) is 4.98. The minimum atomic E-state index is -0.102. The van der Waals surface area contributed by atoms with E-state index in [0.717, 1.165) is 38.9 Å². The van der Waals surface area contributed by atoms with Crippen molar-refractivity contribution in [2.24, 2.45) is 0 Å². The normalized spacial score (nSPS) is 18.0. The van der Waals surface area contributed by atoms with E-state index in [2.05, 4.69) is 32.8 Å². The third kappa shape index (κ3) is 6.34. The second kappa shape index (κ2) is 10.4. The molecule has 1 fully saturated rings. The summed E-state index contributed by atoms with van der Waals surface area (Å²) in [6, 6.07) is 12.5. The molecular formula is C20H30ClN5O. The molecule has 7 heteroatoms. The number of aromatic nitrogens is 2. The summed E-state index contributed by atoms with van der Waals surface area (Å²) in [5, 5.41) is 11.1. The van der Waals surface area contributed by atoms with Crippen molar-refractivity contribution in [3.05, 3.63) is 53.9 Å². The van der Waals surface area contributed by atoms with Crippen LogP contribution in [0.15, 0.2) is 42.6 Å². The standard InChI is InChI=1S/C20H29N5O.ClH/c1-24(2)15-17(13-16-7-4-3-5-8-16)22-20(26)19-10-12-25(23-19)18-9-6-11-21-14-18;/h3-5,7-8,10,12,17-18,21H,6,9,11,13-15H2,1-2H3,(H,22,26);1H. The number of amides is 1. The molecule has 0 bridgehead atoms. The predicted octanol–water partition coefficient (Wildman–Crippen LogP) is 2.13. The number of carbonyl (C=O) groups excluding carboxylic acids is 1. The van der Waals surface area contributed by atoms with E-state index >= 15 is 0 Å². The van der Waals surface area contributed by atoms with E-state index in [4.69, 9.17) is 0 Å². The van der Waals surface area contributed by atoms with Gasteiger partial charge in [0.15, 0.2) is 0 Å². The highest BCUT2D eigenvalue weighted by Crippen LogP contribution is 2.15. The van der Waals surface area contributed by atoms with Crippen molar-refractivity contribution in [2.75, 3.05) is 33.7 Å². The Labute approximate surface area is 167 Å². The number of nitrogens with zero attached hydrogens (tertiary/aromatic N) is 3. The van der Waals surface area contributed by atoms with Gasteiger partial charge in [-0.05, 0) is 51.5 Å². The fraction of sp³-hybridized carbons (Fsp3) is 0.500. The average Bonchev–Trinajstić information content (AvgIpc) is 3.13. The second-order valence-electron chi connectivity index (χ2n) is 7.30. The topological polar surface area (TPSA) is 62.2 Å². The third-order valence-electron chi connectivity index (χ3n) is 4.73. The van der Waals surface area contributed by atoms with Crippen molar-refractivity contribution in [3.8, 4) is 0 Å². The van der Waals surface area contributed by atoms with Crippen molar-refractivity contribution in [1.82, 2.24) is 25.3 Å². The van der Waals surface area contributed by atoms with Crippen LogP contribution in [-0.2, 0) is 6.42 Å². The van der Waals surface area contributed by atoms with E-state index in [1.165, 1.54) is 5.56 Å². The number of hydrogen-bond acceptors (Lipinski definition) is 4. The van der Waals surface area contributed by atoms with E-state index in [-0.39, 0.29) is 24.4 Å². The third-order valence-corrected chi connectivity index (χ3v) is 4.73. The zero-order valence-electron chi connectivity index (χ0n) is 16.1. The van der Waals surface area contributed by atoms with Gasteiger partial charge in [0.25, 0.3) is 5.91 Å². The molecule has 6 nitrogen and oxygen atoms in total. The lowest BCUT2D eigenvalue weighted by molar-refractivity contribution is 0.0923. The van der Waals surface area contributed by atoms with Gasteiger partial charge in [-0.1, -0.05) is 30.3 Å². The van der Waals surface area contributed by atoms with Gasteiger partial charge < -0.3 is 15.5 Å². The summed E-state index contributed by atoms with van der Waals surface area (Å²) >= 11 is 0. The van der Waals surface area contributed by atoms with Gasteiger partial charge in [0.2, 0.25) is 0 Å². The molecule has 27 heavy (non-hydrogen) atoms. The summed E-state index contributed by atoms with van der Waals surface area (Å²) in [5.74, 6) is -0.102. The fourth-order valence-electron chi connectivity index (χ4n) is 3.48. The zero-order chi connectivity index (χ0) is 18.4. The highest BCUT2D eigenvalue weighted by molar-refractivity contribution is 5.92. The Morgan fingerprint density at radius 1 is 1.33 bits per heavy atom. The summed E-state index contributed by atoms with van der Waals surface area (Å²) < 4.78 is 1.93. The van der Waals surface area contributed by atoms with Crippen LogP contribution < -0.4 is 10.6 Å². The smallest absolute Gasteiger partial charge is 0.272 e. The molecule has 2 aromatic rings. The molecule has 2 heterocycles. The first-order valence-electron chi connectivity index (χ1n) is 9.37. The van der Waals surface area contributed by atoms with E-state index in [0.29, 0.717) is 11.7 Å². The van der Waals surface area contributed by atoms with Crippen LogP contribution >= 0.6 is 12.4 Å². The maximum atomic E-state index is 12.7. The van der Waals surface area contributed by atoms with Gasteiger partial charge in [0, 0.05) is 25.3 Å². The van der Waals surface area contributed by atoms with Crippen molar-refractivity contribution in [1.29, 1.82) is 0 Å². The molecule has 1 aliphatic rings. The maximum Gasteiger partial charge on any atom is 0.272 e. The molecule has 2 N–H and O–H groups in total. The molecule has 3 rings (SSSR count). The molecule has 2 atom stereocenters. The van der Waals surface area contributed by atoms with Crippen molar-refractivity contribution < 1.29 is 4.79 Å². The van der Waals surface area contributed by atoms with Gasteiger partial charge in [-0.15, -0.1) is 12.4 Å². The lowest BCUT2D eigenvalue weighted by Gasteiger charge is -2.23. The van der Waals surface area contributed by atoms with Gasteiger partial charge in [0.05, 0.1) is 6.04 Å². The number of benzene rings is 1. The molecule has 1 aromatic carbocycles. The van der Waals surface area contributed by atoms with Crippen LogP contribution in [-0.4, -0.2) is 60.4 Å². The number of nitrogens with one attached hydrogen (secondary N) is 2. The molecule has 2 unspecified atom stereocenters. The molecule has 1 amide bonds. The highest BCUT2D eigenvalue weighted by Gasteiger charge is 2.20. The number of hydrogen-bond donors (Lipinski definition) is 2. The number of halogens is 1. The lowest BCUT2D eigenvalue weighted by Crippen LogP contribution is -2.43. The quantitative estimate of drug-likeness (QED) is 0.759. The van der Waals surface area contributed by atoms with E-state index in [1.807, 2.05) is 49.2 Å². The predicted molar refractivity (Wildman–Crippen MR) is 111 cm³/mol. The Morgan fingerprint density at radius 2 is 2.11 bits per heavy atom. The Kier molecular flexibility index (Phi) is 8.28. The van der Waals surface area contributed by atoms with E-state index in [1.54, 1.807) is 0 Å². The number of carbonyl (C=O) groups is 1. The van der Waals surface area contributed by atoms with Gasteiger partial charge in [-0.3, -0.25) is 9.48 Å². The molecule has 1 saturated heterocycles. The molecule has 148 valence electrons. The molecule has 0 radical (unpaired) electrons. The van der Waals surface area contributed by atoms with E-state index < -0.39 is 0 Å². The number of piperidine rings is 1. The summed E-state index contributed by atoms with van der Waals surface area (Å²) in [7, 11) is 4.05. The van der Waals surface area contributed by atoms with Crippen molar-refractivity contribution in [3.63, 3.8) is 0 Å². The van der Waals surface area contributed by atoms with Gasteiger partial charge in [-0.25, -0.2) is 0 Å². The Morgan fingerprint density at radius 3 is 2.78 bits per heavy atom. The maximum absolute atomic E-state index is 12.7. The van der Waals surface area contributed by atoms with Crippen LogP contribution in [0.25, 0.3) is 0 Å². The molecule has 0 aliphatic carbocycles. The van der Waals surface area contributed by atoms with Gasteiger partial charge in [0.1, 0.15) is 5.69 Å². The summed E-state index contributed by atoms with van der Waals surface area (Å²) in [5.41, 5.74) is 1.71. The van der Waals surface area contributed by atoms with Crippen LogP contribution in [0.1, 0.15) is 34.9 Å². The van der Waals surface area contributed by atoms with Crippen molar-refractivity contribution >= 4 is 18.3 Å². The monoisotopic (exact) mass is 391 g/mol. The molecule has 0 saturated carbocycles. The molecule has 0 spiro atoms. The lowest BCUT2D eigenvalue weighted by atomic mass is 10.1. The Hall–Kier alpha value is -1.89. The van der Waals surface area contributed by atoms with Crippen LogP contribution in [0.2, 0.25) is 0 Å². The van der Waals surface area contributed by atoms with Crippen LogP contribution in [0, 0.1) is 0 Å². The molecule has 1 aliphatic heterocycles. The summed E-state index contributed by atoms with van der Waals surface area (Å²) in [4.78, 5) is 14.8. The van der Waals surface area contributed by atoms with Crippen molar-refractivity contribution in [2.45, 2.75) is 31.3 Å². The number of likely N-dealkylation sites (N-methyl/N-ethyl adjacent to an activating group) is 1. The van der Waals surface area contributed by atoms with Crippen LogP contribution in [0.4, 0.5) is 0 Å². The number of rotatable bonds is 7. The first-order valence-corrected chi connectivity index (χ1v) is 9.37. The Balaban J connectivity index is 0.00000261. The minimum Gasteiger partial charge on any atom is -0.346 e. The van der Waals surface area contributed by atoms with Crippen LogP contribution in [0.3, 0.4) is 0 Å².